The van der Waals surface area contributed by atoms with Crippen LogP contribution < -0.4 is 10.6 Å². The van der Waals surface area contributed by atoms with Crippen molar-refractivity contribution in [3.63, 3.8) is 0 Å². The third kappa shape index (κ3) is 4.71. The molecule has 0 aliphatic rings. The van der Waals surface area contributed by atoms with Gasteiger partial charge in [0.2, 0.25) is 0 Å². The predicted octanol–water partition coefficient (Wildman–Crippen LogP) is 2.19. The van der Waals surface area contributed by atoms with Gasteiger partial charge >= 0.3 is 0 Å². The summed E-state index contributed by atoms with van der Waals surface area (Å²) < 4.78 is 0. The van der Waals surface area contributed by atoms with Crippen LogP contribution in [0.1, 0.15) is 6.42 Å². The van der Waals surface area contributed by atoms with Crippen LogP contribution in [0.5, 0.6) is 0 Å². The fourth-order valence-corrected chi connectivity index (χ4v) is 1.39. The normalized spacial score (nSPS) is 10.2. The second kappa shape index (κ2) is 7.75. The Labute approximate surface area is 116 Å². The van der Waals surface area contributed by atoms with E-state index < -0.39 is 5.91 Å². The second-order valence-electron chi connectivity index (χ2n) is 3.47. The minimum atomic E-state index is -0.556. The Morgan fingerprint density at radius 1 is 1.37 bits per heavy atom. The van der Waals surface area contributed by atoms with E-state index in [0.29, 0.717) is 23.7 Å². The first kappa shape index (κ1) is 14.6. The molecule has 0 heterocycles. The van der Waals surface area contributed by atoms with Crippen LogP contribution in [-0.4, -0.2) is 12.5 Å². The summed E-state index contributed by atoms with van der Waals surface area (Å²) in [5.41, 5.74) is 0.352. The van der Waals surface area contributed by atoms with Crippen molar-refractivity contribution < 1.29 is 4.79 Å². The van der Waals surface area contributed by atoms with E-state index in [0.717, 1.165) is 0 Å². The molecule has 2 N–H and O–H groups in total. The third-order valence-electron chi connectivity index (χ3n) is 2.11. The molecule has 0 fully saturated rings. The lowest BCUT2D eigenvalue weighted by molar-refractivity contribution is -0.112. The Balaban J connectivity index is 2.68. The van der Waals surface area contributed by atoms with Gasteiger partial charge in [-0.2, -0.15) is 10.5 Å². The van der Waals surface area contributed by atoms with Crippen molar-refractivity contribution in [3.8, 4) is 12.1 Å². The average molecular weight is 275 g/mol. The molecule has 0 saturated heterocycles. The van der Waals surface area contributed by atoms with Gasteiger partial charge in [0.25, 0.3) is 5.91 Å². The molecule has 0 saturated carbocycles. The molecule has 0 radical (unpaired) electrons. The summed E-state index contributed by atoms with van der Waals surface area (Å²) in [4.78, 5) is 11.8. The molecule has 0 unspecified atom stereocenters. The molecule has 19 heavy (non-hydrogen) atoms. The van der Waals surface area contributed by atoms with Crippen molar-refractivity contribution in [2.24, 2.45) is 0 Å². The van der Waals surface area contributed by atoms with Gasteiger partial charge in [-0.05, 0) is 12.1 Å². The quantitative estimate of drug-likeness (QED) is 0.489. The van der Waals surface area contributed by atoms with Gasteiger partial charge in [-0.1, -0.05) is 23.7 Å². The highest BCUT2D eigenvalue weighted by Gasteiger charge is 2.10. The highest BCUT2D eigenvalue weighted by Crippen LogP contribution is 2.20. The topological polar surface area (TPSA) is 88.7 Å². The van der Waals surface area contributed by atoms with E-state index in [4.69, 9.17) is 22.1 Å². The third-order valence-corrected chi connectivity index (χ3v) is 2.44. The second-order valence-corrected chi connectivity index (χ2v) is 3.87. The lowest BCUT2D eigenvalue weighted by atomic mass is 10.2. The minimum Gasteiger partial charge on any atom is -0.389 e. The molecule has 0 aliphatic carbocycles. The molecule has 0 bridgehead atoms. The Bertz CT molecular complexity index is 569. The number of hydrogen-bond donors (Lipinski definition) is 2. The number of para-hydroxylation sites is 1. The number of carbonyl (C=O) groups excluding carboxylic acids is 1. The number of carbonyl (C=O) groups is 1. The van der Waals surface area contributed by atoms with Gasteiger partial charge in [0.1, 0.15) is 11.6 Å². The summed E-state index contributed by atoms with van der Waals surface area (Å²) >= 11 is 5.89. The van der Waals surface area contributed by atoms with Gasteiger partial charge in [-0.25, -0.2) is 0 Å². The van der Waals surface area contributed by atoms with Crippen molar-refractivity contribution >= 4 is 23.2 Å². The van der Waals surface area contributed by atoms with Crippen LogP contribution >= 0.6 is 11.6 Å². The molecular weight excluding hydrogens is 264 g/mol. The highest BCUT2D eigenvalue weighted by atomic mass is 35.5. The number of nitrogens with zero attached hydrogens (tertiary/aromatic N) is 2. The van der Waals surface area contributed by atoms with Crippen LogP contribution in [-0.2, 0) is 4.79 Å². The van der Waals surface area contributed by atoms with E-state index in [-0.39, 0.29) is 5.57 Å². The number of halogens is 1. The van der Waals surface area contributed by atoms with Gasteiger partial charge < -0.3 is 10.6 Å². The van der Waals surface area contributed by atoms with Crippen molar-refractivity contribution in [1.29, 1.82) is 10.5 Å². The number of nitriles is 2. The lowest BCUT2D eigenvalue weighted by Gasteiger charge is -2.06. The van der Waals surface area contributed by atoms with E-state index in [1.807, 2.05) is 6.07 Å². The van der Waals surface area contributed by atoms with E-state index >= 15 is 0 Å². The van der Waals surface area contributed by atoms with Crippen LogP contribution in [0.2, 0.25) is 5.02 Å². The molecule has 0 spiro atoms. The number of rotatable bonds is 5. The highest BCUT2D eigenvalue weighted by molar-refractivity contribution is 6.33. The lowest BCUT2D eigenvalue weighted by Crippen LogP contribution is -2.17. The summed E-state index contributed by atoms with van der Waals surface area (Å²) in [6, 6.07) is 10.5. The van der Waals surface area contributed by atoms with Crippen LogP contribution in [0.25, 0.3) is 0 Å². The van der Waals surface area contributed by atoms with Crippen molar-refractivity contribution in [2.45, 2.75) is 6.42 Å². The SMILES string of the molecule is N#CCCN/C=C(/C#N)C(=O)Nc1ccccc1Cl. The first-order valence-electron chi connectivity index (χ1n) is 5.45. The summed E-state index contributed by atoms with van der Waals surface area (Å²) in [6.07, 6.45) is 1.57. The maximum absolute atomic E-state index is 11.8. The molecule has 1 amide bonds. The first-order chi connectivity index (χ1) is 9.19. The standard InChI is InChI=1S/C13H11ClN4O/c14-11-4-1-2-5-12(11)18-13(19)10(8-16)9-17-7-3-6-15/h1-2,4-5,9,17H,3,7H2,(H,18,19)/b10-9-. The fraction of sp³-hybridized carbons (Fsp3) is 0.154. The maximum atomic E-state index is 11.8. The largest absolute Gasteiger partial charge is 0.389 e. The summed E-state index contributed by atoms with van der Waals surface area (Å²) in [5.74, 6) is -0.556. The first-order valence-corrected chi connectivity index (χ1v) is 5.83. The zero-order valence-electron chi connectivity index (χ0n) is 9.98. The number of benzene rings is 1. The minimum absolute atomic E-state index is 0.0853. The Kier molecular flexibility index (Phi) is 5.94. The molecule has 0 atom stereocenters. The van der Waals surface area contributed by atoms with Crippen LogP contribution in [0, 0.1) is 22.7 Å². The van der Waals surface area contributed by atoms with Crippen LogP contribution in [0.4, 0.5) is 5.69 Å². The van der Waals surface area contributed by atoms with Gasteiger partial charge in [0.15, 0.2) is 0 Å². The Hall–Kier alpha value is -2.50. The Morgan fingerprint density at radius 3 is 2.74 bits per heavy atom. The monoisotopic (exact) mass is 274 g/mol. The van der Waals surface area contributed by atoms with E-state index in [9.17, 15) is 4.79 Å². The van der Waals surface area contributed by atoms with Gasteiger partial charge in [-0.15, -0.1) is 0 Å². The number of amides is 1. The molecule has 0 aliphatic heterocycles. The molecule has 0 aromatic heterocycles. The van der Waals surface area contributed by atoms with Gasteiger partial charge in [-0.3, -0.25) is 4.79 Å². The van der Waals surface area contributed by atoms with Gasteiger partial charge in [0, 0.05) is 12.7 Å². The molecule has 1 rings (SSSR count). The summed E-state index contributed by atoms with van der Waals surface area (Å²) in [7, 11) is 0. The molecular formula is C13H11ClN4O. The van der Waals surface area contributed by atoms with E-state index in [1.54, 1.807) is 30.3 Å². The molecule has 6 heteroatoms. The zero-order chi connectivity index (χ0) is 14.1. The van der Waals surface area contributed by atoms with Crippen molar-refractivity contribution in [1.82, 2.24) is 5.32 Å². The summed E-state index contributed by atoms with van der Waals surface area (Å²) in [6.45, 7) is 0.376. The van der Waals surface area contributed by atoms with Gasteiger partial charge in [0.05, 0.1) is 23.2 Å². The molecule has 1 aromatic carbocycles. The predicted molar refractivity (Wildman–Crippen MR) is 72.0 cm³/mol. The van der Waals surface area contributed by atoms with E-state index in [1.165, 1.54) is 6.20 Å². The van der Waals surface area contributed by atoms with Crippen molar-refractivity contribution in [3.05, 3.63) is 41.1 Å². The molecule has 5 nitrogen and oxygen atoms in total. The van der Waals surface area contributed by atoms with Crippen LogP contribution in [0.15, 0.2) is 36.0 Å². The molecule has 1 aromatic rings. The van der Waals surface area contributed by atoms with Crippen molar-refractivity contribution in [2.75, 3.05) is 11.9 Å². The number of anilines is 1. The molecule has 96 valence electrons. The van der Waals surface area contributed by atoms with E-state index in [2.05, 4.69) is 10.6 Å². The number of nitrogens with one attached hydrogen (secondary N) is 2. The zero-order valence-corrected chi connectivity index (χ0v) is 10.7. The maximum Gasteiger partial charge on any atom is 0.267 e. The van der Waals surface area contributed by atoms with Crippen LogP contribution in [0.3, 0.4) is 0 Å². The number of hydrogen-bond acceptors (Lipinski definition) is 4. The fourth-order valence-electron chi connectivity index (χ4n) is 1.20. The summed E-state index contributed by atoms with van der Waals surface area (Å²) in [5, 5.41) is 22.9. The Morgan fingerprint density at radius 2 is 2.11 bits per heavy atom. The average Bonchev–Trinajstić information content (AvgIpc) is 2.41. The smallest absolute Gasteiger partial charge is 0.267 e.